The molecule has 1 unspecified atom stereocenters. The molecule has 4 nitrogen and oxygen atoms in total. The summed E-state index contributed by atoms with van der Waals surface area (Å²) in [5.41, 5.74) is 0. The highest BCUT2D eigenvalue weighted by molar-refractivity contribution is 5.85. The summed E-state index contributed by atoms with van der Waals surface area (Å²) in [6.07, 6.45) is 6.00. The Bertz CT molecular complexity index is 265. The lowest BCUT2D eigenvalue weighted by atomic mass is 10.0. The second-order valence-corrected chi connectivity index (χ2v) is 5.62. The number of nitrogens with zero attached hydrogens (tertiary/aromatic N) is 1. The fraction of sp³-hybridized carbons (Fsp3) is 0.923. The van der Waals surface area contributed by atoms with Crippen LogP contribution in [0.2, 0.25) is 0 Å². The van der Waals surface area contributed by atoms with Gasteiger partial charge in [0.1, 0.15) is 0 Å². The zero-order chi connectivity index (χ0) is 12.3. The van der Waals surface area contributed by atoms with Crippen molar-refractivity contribution in [2.75, 3.05) is 27.2 Å². The van der Waals surface area contributed by atoms with Crippen molar-refractivity contribution in [2.24, 2.45) is 5.92 Å². The van der Waals surface area contributed by atoms with E-state index in [1.54, 1.807) is 0 Å². The summed E-state index contributed by atoms with van der Waals surface area (Å²) in [5, 5.41) is 6.40. The summed E-state index contributed by atoms with van der Waals surface area (Å²) in [4.78, 5) is 14.2. The molecule has 114 valence electrons. The third-order valence-electron chi connectivity index (χ3n) is 3.94. The first kappa shape index (κ1) is 19.0. The summed E-state index contributed by atoms with van der Waals surface area (Å²) in [6.45, 7) is 1.78. The van der Waals surface area contributed by atoms with Crippen LogP contribution in [-0.2, 0) is 4.79 Å². The molecule has 1 heterocycles. The highest BCUT2D eigenvalue weighted by atomic mass is 35.5. The second kappa shape index (κ2) is 9.01. The maximum atomic E-state index is 12.0. The van der Waals surface area contributed by atoms with Crippen LogP contribution >= 0.6 is 24.8 Å². The Labute approximate surface area is 128 Å². The van der Waals surface area contributed by atoms with Crippen LogP contribution in [-0.4, -0.2) is 50.1 Å². The van der Waals surface area contributed by atoms with Crippen molar-refractivity contribution in [3.05, 3.63) is 0 Å². The van der Waals surface area contributed by atoms with Crippen LogP contribution in [0.15, 0.2) is 0 Å². The van der Waals surface area contributed by atoms with E-state index in [0.717, 1.165) is 25.4 Å². The Balaban J connectivity index is 0.00000162. The van der Waals surface area contributed by atoms with E-state index < -0.39 is 0 Å². The van der Waals surface area contributed by atoms with E-state index in [-0.39, 0.29) is 36.8 Å². The van der Waals surface area contributed by atoms with Crippen molar-refractivity contribution in [3.8, 4) is 0 Å². The molecule has 1 saturated heterocycles. The minimum atomic E-state index is 0. The van der Waals surface area contributed by atoms with E-state index >= 15 is 0 Å². The summed E-state index contributed by atoms with van der Waals surface area (Å²) >= 11 is 0. The number of piperidine rings is 1. The minimum Gasteiger partial charge on any atom is -0.353 e. The zero-order valence-electron chi connectivity index (χ0n) is 11.9. The topological polar surface area (TPSA) is 44.4 Å². The fourth-order valence-electron chi connectivity index (χ4n) is 2.66. The normalized spacial score (nSPS) is 24.1. The van der Waals surface area contributed by atoms with Gasteiger partial charge in [0.25, 0.3) is 0 Å². The number of rotatable bonds is 5. The maximum Gasteiger partial charge on any atom is 0.237 e. The van der Waals surface area contributed by atoms with Crippen LogP contribution < -0.4 is 10.6 Å². The van der Waals surface area contributed by atoms with Gasteiger partial charge in [-0.05, 0) is 52.2 Å². The van der Waals surface area contributed by atoms with Gasteiger partial charge in [0.2, 0.25) is 5.91 Å². The number of nitrogens with one attached hydrogen (secondary N) is 2. The summed E-state index contributed by atoms with van der Waals surface area (Å²) < 4.78 is 0. The van der Waals surface area contributed by atoms with Crippen LogP contribution in [0.3, 0.4) is 0 Å². The SMILES string of the molecule is CN(C)C(CNC(=O)[C@@H]1CCCCN1)C1CC1.Cl.Cl. The number of amides is 1. The van der Waals surface area contributed by atoms with E-state index in [0.29, 0.717) is 6.04 Å². The highest BCUT2D eigenvalue weighted by Crippen LogP contribution is 2.34. The van der Waals surface area contributed by atoms with E-state index in [9.17, 15) is 4.79 Å². The van der Waals surface area contributed by atoms with Gasteiger partial charge in [-0.3, -0.25) is 4.79 Å². The molecule has 1 saturated carbocycles. The summed E-state index contributed by atoms with van der Waals surface area (Å²) in [5.74, 6) is 0.988. The van der Waals surface area contributed by atoms with Gasteiger partial charge < -0.3 is 15.5 Å². The van der Waals surface area contributed by atoms with Gasteiger partial charge in [-0.15, -0.1) is 24.8 Å². The van der Waals surface area contributed by atoms with Gasteiger partial charge in [-0.1, -0.05) is 6.42 Å². The molecule has 0 aromatic rings. The van der Waals surface area contributed by atoms with Crippen molar-refractivity contribution >= 4 is 30.7 Å². The molecule has 0 bridgehead atoms. The Morgan fingerprint density at radius 3 is 2.42 bits per heavy atom. The molecular weight excluding hydrogens is 285 g/mol. The highest BCUT2D eigenvalue weighted by Gasteiger charge is 2.33. The third-order valence-corrected chi connectivity index (χ3v) is 3.94. The molecule has 1 amide bonds. The molecule has 2 N–H and O–H groups in total. The maximum absolute atomic E-state index is 12.0. The summed E-state index contributed by atoms with van der Waals surface area (Å²) in [6, 6.07) is 0.563. The minimum absolute atomic E-state index is 0. The lowest BCUT2D eigenvalue weighted by Gasteiger charge is -2.27. The Kier molecular flexibility index (Phi) is 8.99. The number of hydrogen-bond donors (Lipinski definition) is 2. The van der Waals surface area contributed by atoms with Crippen LogP contribution in [0.5, 0.6) is 0 Å². The van der Waals surface area contributed by atoms with Gasteiger partial charge in [0.05, 0.1) is 6.04 Å². The van der Waals surface area contributed by atoms with Crippen molar-refractivity contribution in [1.29, 1.82) is 0 Å². The standard InChI is InChI=1S/C13H25N3O.2ClH/c1-16(2)12(10-6-7-10)9-15-13(17)11-5-3-4-8-14-11;;/h10-12,14H,3-9H2,1-2H3,(H,15,17);2*1H/t11-,12?;;/m0../s1. The molecule has 19 heavy (non-hydrogen) atoms. The molecule has 0 spiro atoms. The molecule has 0 aromatic carbocycles. The number of carbonyl (C=O) groups is 1. The molecule has 2 rings (SSSR count). The summed E-state index contributed by atoms with van der Waals surface area (Å²) in [7, 11) is 4.21. The molecule has 0 aromatic heterocycles. The fourth-order valence-corrected chi connectivity index (χ4v) is 2.66. The molecule has 2 atom stereocenters. The second-order valence-electron chi connectivity index (χ2n) is 5.62. The van der Waals surface area contributed by atoms with E-state index in [1.165, 1.54) is 25.7 Å². The van der Waals surface area contributed by atoms with Crippen LogP contribution in [0.1, 0.15) is 32.1 Å². The number of hydrogen-bond acceptors (Lipinski definition) is 3. The van der Waals surface area contributed by atoms with Crippen molar-refractivity contribution in [3.63, 3.8) is 0 Å². The molecule has 1 aliphatic heterocycles. The lowest BCUT2D eigenvalue weighted by Crippen LogP contribution is -2.50. The van der Waals surface area contributed by atoms with Crippen molar-refractivity contribution in [1.82, 2.24) is 15.5 Å². The lowest BCUT2D eigenvalue weighted by molar-refractivity contribution is -0.123. The first-order chi connectivity index (χ1) is 8.18. The zero-order valence-corrected chi connectivity index (χ0v) is 13.5. The number of likely N-dealkylation sites (N-methyl/N-ethyl adjacent to an activating group) is 1. The van der Waals surface area contributed by atoms with Crippen LogP contribution in [0, 0.1) is 5.92 Å². The third kappa shape index (κ3) is 5.86. The van der Waals surface area contributed by atoms with E-state index in [1.807, 2.05) is 0 Å². The molecule has 2 aliphatic rings. The Morgan fingerprint density at radius 2 is 1.95 bits per heavy atom. The Morgan fingerprint density at radius 1 is 1.26 bits per heavy atom. The predicted molar refractivity (Wildman–Crippen MR) is 83.3 cm³/mol. The smallest absolute Gasteiger partial charge is 0.237 e. The van der Waals surface area contributed by atoms with E-state index in [4.69, 9.17) is 0 Å². The van der Waals surface area contributed by atoms with Gasteiger partial charge in [-0.25, -0.2) is 0 Å². The predicted octanol–water partition coefficient (Wildman–Crippen LogP) is 1.43. The molecule has 1 aliphatic carbocycles. The monoisotopic (exact) mass is 311 g/mol. The quantitative estimate of drug-likeness (QED) is 0.807. The Hall–Kier alpha value is -0.0300. The largest absolute Gasteiger partial charge is 0.353 e. The van der Waals surface area contributed by atoms with Gasteiger partial charge in [0, 0.05) is 12.6 Å². The molecule has 6 heteroatoms. The molecule has 2 fully saturated rings. The van der Waals surface area contributed by atoms with Crippen molar-refractivity contribution < 1.29 is 4.79 Å². The molecular formula is C13H27Cl2N3O. The molecule has 0 radical (unpaired) electrons. The van der Waals surface area contributed by atoms with Crippen LogP contribution in [0.4, 0.5) is 0 Å². The first-order valence-corrected chi connectivity index (χ1v) is 6.86. The van der Waals surface area contributed by atoms with Gasteiger partial charge >= 0.3 is 0 Å². The first-order valence-electron chi connectivity index (χ1n) is 6.86. The van der Waals surface area contributed by atoms with Gasteiger partial charge in [-0.2, -0.15) is 0 Å². The average molecular weight is 312 g/mol. The van der Waals surface area contributed by atoms with Crippen LogP contribution in [0.25, 0.3) is 0 Å². The van der Waals surface area contributed by atoms with E-state index in [2.05, 4.69) is 29.6 Å². The average Bonchev–Trinajstić information content (AvgIpc) is 3.14. The van der Waals surface area contributed by atoms with Crippen molar-refractivity contribution in [2.45, 2.75) is 44.2 Å². The van der Waals surface area contributed by atoms with Gasteiger partial charge in [0.15, 0.2) is 0 Å². The number of halogens is 2. The number of carbonyl (C=O) groups excluding carboxylic acids is 1.